The van der Waals surface area contributed by atoms with E-state index in [4.69, 9.17) is 0 Å². The fourth-order valence-corrected chi connectivity index (χ4v) is 5.78. The summed E-state index contributed by atoms with van der Waals surface area (Å²) in [6, 6.07) is 11.6. The molecule has 4 rings (SSSR count). The van der Waals surface area contributed by atoms with Gasteiger partial charge in [-0.1, -0.05) is 89.1 Å². The van der Waals surface area contributed by atoms with Gasteiger partial charge in [0.2, 0.25) is 0 Å². The molecule has 0 spiro atoms. The van der Waals surface area contributed by atoms with E-state index in [1.165, 1.54) is 63.4 Å². The molecule has 3 aliphatic rings. The number of likely N-dealkylation sites (tertiary alicyclic amines) is 1. The highest BCUT2D eigenvalue weighted by Gasteiger charge is 2.40. The number of carbonyl (C=O) groups excluding carboxylic acids is 1. The van der Waals surface area contributed by atoms with Crippen molar-refractivity contribution in [3.8, 4) is 0 Å². The molecule has 1 amide bonds. The largest absolute Gasteiger partial charge is 0.300 e. The minimum atomic E-state index is -0.264. The number of hydrogen-bond acceptors (Lipinski definition) is 2. The van der Waals surface area contributed by atoms with Crippen LogP contribution in [0.3, 0.4) is 0 Å². The van der Waals surface area contributed by atoms with E-state index in [9.17, 15) is 4.79 Å². The van der Waals surface area contributed by atoms with Gasteiger partial charge in [-0.3, -0.25) is 9.69 Å². The standard InChI is InChI=1S/C21H30N2O.C7H14/c1-3-22-20(24)21(2)13-15-23(16-14-21)19-12-8-7-11-18(19)17-9-5-4-6-10-17;1-7-5-3-2-4-6-7/h3-6,9-10,18-19H,7-8,11-16H2,1-2H3;7H,2-6H2,1H3. The summed E-state index contributed by atoms with van der Waals surface area (Å²) in [5, 5.41) is 0. The molecule has 1 aliphatic heterocycles. The van der Waals surface area contributed by atoms with Crippen molar-refractivity contribution >= 4 is 12.1 Å². The van der Waals surface area contributed by atoms with Crippen molar-refractivity contribution in [2.24, 2.45) is 16.3 Å². The van der Waals surface area contributed by atoms with Crippen molar-refractivity contribution in [3.63, 3.8) is 0 Å². The number of aliphatic imine (C=N–C) groups is 1. The highest BCUT2D eigenvalue weighted by atomic mass is 16.1. The van der Waals surface area contributed by atoms with Crippen molar-refractivity contribution in [3.05, 3.63) is 35.9 Å². The summed E-state index contributed by atoms with van der Waals surface area (Å²) >= 11 is 0. The van der Waals surface area contributed by atoms with Crippen LogP contribution < -0.4 is 0 Å². The lowest BCUT2D eigenvalue weighted by Gasteiger charge is -2.45. The van der Waals surface area contributed by atoms with Crippen LogP contribution in [-0.2, 0) is 4.79 Å². The summed E-state index contributed by atoms with van der Waals surface area (Å²) < 4.78 is 0. The van der Waals surface area contributed by atoms with Gasteiger partial charge in [-0.25, -0.2) is 4.99 Å². The molecule has 2 saturated carbocycles. The third kappa shape index (κ3) is 6.75. The average molecular weight is 425 g/mol. The molecular formula is C28H44N2O. The Balaban J connectivity index is 0.000000330. The van der Waals surface area contributed by atoms with Crippen LogP contribution in [0, 0.1) is 11.3 Å². The van der Waals surface area contributed by atoms with E-state index in [1.54, 1.807) is 6.21 Å². The van der Waals surface area contributed by atoms with Crippen molar-refractivity contribution in [1.82, 2.24) is 4.90 Å². The highest BCUT2D eigenvalue weighted by molar-refractivity contribution is 5.88. The average Bonchev–Trinajstić information content (AvgIpc) is 2.81. The van der Waals surface area contributed by atoms with Gasteiger partial charge in [-0.05, 0) is 63.1 Å². The van der Waals surface area contributed by atoms with E-state index in [2.05, 4.69) is 54.1 Å². The second kappa shape index (κ2) is 11.9. The van der Waals surface area contributed by atoms with Gasteiger partial charge >= 0.3 is 0 Å². The molecule has 0 aromatic heterocycles. The van der Waals surface area contributed by atoms with Crippen molar-refractivity contribution in [2.75, 3.05) is 13.1 Å². The van der Waals surface area contributed by atoms with E-state index < -0.39 is 0 Å². The third-order valence-corrected chi connectivity index (χ3v) is 7.98. The second-order valence-corrected chi connectivity index (χ2v) is 10.4. The molecule has 2 aliphatic carbocycles. The van der Waals surface area contributed by atoms with Crippen LogP contribution in [0.2, 0.25) is 0 Å². The molecule has 1 heterocycles. The first-order valence-corrected chi connectivity index (χ1v) is 12.9. The molecule has 2 unspecified atom stereocenters. The van der Waals surface area contributed by atoms with Crippen molar-refractivity contribution in [1.29, 1.82) is 0 Å². The molecule has 3 heteroatoms. The van der Waals surface area contributed by atoms with Gasteiger partial charge in [-0.2, -0.15) is 0 Å². The Bertz CT molecular complexity index is 684. The number of nitrogens with zero attached hydrogens (tertiary/aromatic N) is 2. The minimum Gasteiger partial charge on any atom is -0.300 e. The second-order valence-electron chi connectivity index (χ2n) is 10.4. The normalized spacial score (nSPS) is 27.5. The van der Waals surface area contributed by atoms with Crippen LogP contribution in [0.1, 0.15) is 103 Å². The van der Waals surface area contributed by atoms with Gasteiger partial charge in [0.25, 0.3) is 5.91 Å². The van der Waals surface area contributed by atoms with Crippen LogP contribution in [-0.4, -0.2) is 36.2 Å². The number of amides is 1. The zero-order valence-electron chi connectivity index (χ0n) is 20.2. The molecule has 2 atom stereocenters. The summed E-state index contributed by atoms with van der Waals surface area (Å²) in [5.74, 6) is 1.75. The zero-order chi connectivity index (χ0) is 22.1. The predicted molar refractivity (Wildman–Crippen MR) is 132 cm³/mol. The molecule has 3 fully saturated rings. The molecule has 0 bridgehead atoms. The van der Waals surface area contributed by atoms with Gasteiger partial charge in [0.1, 0.15) is 0 Å². The molecule has 0 N–H and O–H groups in total. The number of piperidine rings is 1. The van der Waals surface area contributed by atoms with E-state index in [-0.39, 0.29) is 11.3 Å². The summed E-state index contributed by atoms with van der Waals surface area (Å²) in [6.07, 6.45) is 16.2. The highest BCUT2D eigenvalue weighted by Crippen LogP contribution is 2.40. The van der Waals surface area contributed by atoms with Gasteiger partial charge in [0.05, 0.1) is 5.41 Å². The summed E-state index contributed by atoms with van der Waals surface area (Å²) in [5.41, 5.74) is 1.22. The zero-order valence-corrected chi connectivity index (χ0v) is 20.2. The quantitative estimate of drug-likeness (QED) is 0.488. The maximum absolute atomic E-state index is 12.3. The summed E-state index contributed by atoms with van der Waals surface area (Å²) in [6.45, 7) is 8.32. The number of carbonyl (C=O) groups is 1. The van der Waals surface area contributed by atoms with Gasteiger partial charge in [0.15, 0.2) is 0 Å². The smallest absolute Gasteiger partial charge is 0.251 e. The number of benzene rings is 1. The fraction of sp³-hybridized carbons (Fsp3) is 0.714. The Kier molecular flexibility index (Phi) is 9.31. The Hall–Kier alpha value is -1.48. The van der Waals surface area contributed by atoms with Crippen molar-refractivity contribution in [2.45, 2.75) is 103 Å². The monoisotopic (exact) mass is 424 g/mol. The number of rotatable bonds is 3. The molecule has 1 aromatic carbocycles. The van der Waals surface area contributed by atoms with Crippen molar-refractivity contribution < 1.29 is 4.79 Å². The van der Waals surface area contributed by atoms with E-state index in [1.807, 2.05) is 6.92 Å². The topological polar surface area (TPSA) is 32.7 Å². The van der Waals surface area contributed by atoms with Crippen LogP contribution >= 0.6 is 0 Å². The summed E-state index contributed by atoms with van der Waals surface area (Å²) in [4.78, 5) is 19.0. The van der Waals surface area contributed by atoms with Crippen LogP contribution in [0.4, 0.5) is 0 Å². The van der Waals surface area contributed by atoms with Crippen LogP contribution in [0.15, 0.2) is 35.3 Å². The lowest BCUT2D eigenvalue weighted by Crippen LogP contribution is -2.49. The summed E-state index contributed by atoms with van der Waals surface area (Å²) in [7, 11) is 0. The first-order chi connectivity index (χ1) is 15.0. The molecule has 1 aromatic rings. The van der Waals surface area contributed by atoms with Crippen LogP contribution in [0.25, 0.3) is 0 Å². The van der Waals surface area contributed by atoms with Gasteiger partial charge in [0, 0.05) is 12.3 Å². The maximum Gasteiger partial charge on any atom is 0.251 e. The fourth-order valence-electron chi connectivity index (χ4n) is 5.78. The Labute approximate surface area is 190 Å². The van der Waals surface area contributed by atoms with Crippen LogP contribution in [0.5, 0.6) is 0 Å². The first kappa shape index (κ1) is 24.2. The molecule has 1 saturated heterocycles. The first-order valence-electron chi connectivity index (χ1n) is 12.9. The Morgan fingerprint density at radius 1 is 0.968 bits per heavy atom. The van der Waals surface area contributed by atoms with E-state index in [0.29, 0.717) is 12.0 Å². The minimum absolute atomic E-state index is 0.0629. The molecule has 172 valence electrons. The Morgan fingerprint density at radius 3 is 2.16 bits per heavy atom. The molecule has 31 heavy (non-hydrogen) atoms. The van der Waals surface area contributed by atoms with E-state index >= 15 is 0 Å². The Morgan fingerprint density at radius 2 is 1.58 bits per heavy atom. The predicted octanol–water partition coefficient (Wildman–Crippen LogP) is 7.02. The van der Waals surface area contributed by atoms with E-state index in [0.717, 1.165) is 31.8 Å². The van der Waals surface area contributed by atoms with Gasteiger partial charge < -0.3 is 0 Å². The maximum atomic E-state index is 12.3. The third-order valence-electron chi connectivity index (χ3n) is 7.98. The lowest BCUT2D eigenvalue weighted by molar-refractivity contribution is -0.129. The lowest BCUT2D eigenvalue weighted by atomic mass is 9.75. The SMILES string of the molecule is CC1CCCCC1.CC=NC(=O)C1(C)CCN(C2CCCCC2c2ccccc2)CC1. The molecule has 3 nitrogen and oxygen atoms in total. The number of hydrogen-bond donors (Lipinski definition) is 0. The molecular weight excluding hydrogens is 380 g/mol. The van der Waals surface area contributed by atoms with Gasteiger partial charge in [-0.15, -0.1) is 0 Å². The molecule has 0 radical (unpaired) electrons.